The average molecular weight is 346 g/mol. The number of halogens is 2. The van der Waals surface area contributed by atoms with Crippen LogP contribution in [-0.2, 0) is 4.74 Å². The zero-order valence-corrected chi connectivity index (χ0v) is 14.6. The second-order valence-electron chi connectivity index (χ2n) is 5.81. The summed E-state index contributed by atoms with van der Waals surface area (Å²) >= 11 is 12.2. The molecule has 1 atom stereocenters. The van der Waals surface area contributed by atoms with Crippen LogP contribution in [0.15, 0.2) is 76.1 Å². The van der Waals surface area contributed by atoms with Crippen molar-refractivity contribution in [1.29, 1.82) is 0 Å². The van der Waals surface area contributed by atoms with E-state index in [1.807, 2.05) is 25.1 Å². The van der Waals surface area contributed by atoms with Gasteiger partial charge in [0.25, 0.3) is 0 Å². The zero-order chi connectivity index (χ0) is 16.6. The average Bonchev–Trinajstić information content (AvgIpc) is 2.78. The van der Waals surface area contributed by atoms with Gasteiger partial charge in [-0.3, -0.25) is 0 Å². The number of allylic oxidation sites excluding steroid dienone is 3. The van der Waals surface area contributed by atoms with Gasteiger partial charge in [0, 0.05) is 17.0 Å². The number of fused-ring (bicyclic) bond motifs is 1. The van der Waals surface area contributed by atoms with E-state index < -0.39 is 5.60 Å². The lowest BCUT2D eigenvalue weighted by Crippen LogP contribution is -2.28. The standard InChI is InChI=1S/C19H17Cl2NO/c1-12(20)17-16-11-15(14-7-5-4-6-8-14)9-10-19(16,3)23-18(17)22-13(2)21/h4-9,11H,1,10H2,2-3H3. The molecule has 1 unspecified atom stereocenters. The summed E-state index contributed by atoms with van der Waals surface area (Å²) in [7, 11) is 0. The molecule has 23 heavy (non-hydrogen) atoms. The fourth-order valence-corrected chi connectivity index (χ4v) is 3.17. The van der Waals surface area contributed by atoms with Crippen molar-refractivity contribution in [3.8, 4) is 0 Å². The molecule has 2 aliphatic rings. The van der Waals surface area contributed by atoms with Gasteiger partial charge in [-0.2, -0.15) is 0 Å². The van der Waals surface area contributed by atoms with E-state index in [9.17, 15) is 0 Å². The molecular formula is C19H17Cl2NO. The van der Waals surface area contributed by atoms with Crippen LogP contribution >= 0.6 is 23.2 Å². The molecule has 1 aliphatic heterocycles. The van der Waals surface area contributed by atoms with E-state index >= 15 is 0 Å². The fraction of sp³-hybridized carbons (Fsp3) is 0.211. The van der Waals surface area contributed by atoms with Gasteiger partial charge < -0.3 is 4.74 Å². The van der Waals surface area contributed by atoms with Crippen LogP contribution in [0.4, 0.5) is 0 Å². The lowest BCUT2D eigenvalue weighted by atomic mass is 9.81. The first-order valence-electron chi connectivity index (χ1n) is 7.38. The van der Waals surface area contributed by atoms with Gasteiger partial charge in [0.2, 0.25) is 5.88 Å². The predicted octanol–water partition coefficient (Wildman–Crippen LogP) is 5.81. The first kappa shape index (κ1) is 16.1. The Balaban J connectivity index is 2.11. The molecule has 0 bridgehead atoms. The van der Waals surface area contributed by atoms with Crippen LogP contribution in [0.25, 0.3) is 5.57 Å². The SMILES string of the molecule is C=C(Cl)C1=C(N=C(C)Cl)OC2(C)CC=C(c3ccccc3)C=C12. The largest absolute Gasteiger partial charge is 0.466 e. The third kappa shape index (κ3) is 3.01. The van der Waals surface area contributed by atoms with Gasteiger partial charge in [0.15, 0.2) is 0 Å². The number of ether oxygens (including phenoxy) is 1. The summed E-state index contributed by atoms with van der Waals surface area (Å²) in [6.07, 6.45) is 5.01. The monoisotopic (exact) mass is 345 g/mol. The van der Waals surface area contributed by atoms with E-state index in [1.165, 1.54) is 0 Å². The molecule has 0 aromatic heterocycles. The maximum atomic E-state index is 6.23. The fourth-order valence-electron chi connectivity index (χ4n) is 2.91. The van der Waals surface area contributed by atoms with Crippen LogP contribution in [0.1, 0.15) is 25.8 Å². The number of hydrogen-bond donors (Lipinski definition) is 0. The normalized spacial score (nSPS) is 23.9. The number of benzene rings is 1. The van der Waals surface area contributed by atoms with E-state index in [4.69, 9.17) is 27.9 Å². The summed E-state index contributed by atoms with van der Waals surface area (Å²) in [5.74, 6) is 0.439. The minimum absolute atomic E-state index is 0.398. The Hall–Kier alpha value is -1.77. The first-order valence-corrected chi connectivity index (χ1v) is 8.13. The van der Waals surface area contributed by atoms with Crippen molar-refractivity contribution in [2.24, 2.45) is 4.99 Å². The summed E-state index contributed by atoms with van der Waals surface area (Å²) in [5.41, 5.74) is 3.54. The highest BCUT2D eigenvalue weighted by Crippen LogP contribution is 2.48. The van der Waals surface area contributed by atoms with Gasteiger partial charge in [-0.05, 0) is 31.1 Å². The summed E-state index contributed by atoms with van der Waals surface area (Å²) in [6, 6.07) is 10.2. The van der Waals surface area contributed by atoms with Gasteiger partial charge in [0.05, 0.1) is 5.57 Å². The third-order valence-corrected chi connectivity index (χ3v) is 4.29. The second kappa shape index (κ2) is 6.03. The van der Waals surface area contributed by atoms with E-state index in [0.717, 1.165) is 28.7 Å². The van der Waals surface area contributed by atoms with E-state index in [1.54, 1.807) is 6.92 Å². The number of hydrogen-bond acceptors (Lipinski definition) is 2. The molecule has 0 fully saturated rings. The Morgan fingerprint density at radius 1 is 1.26 bits per heavy atom. The molecule has 2 nitrogen and oxygen atoms in total. The summed E-state index contributed by atoms with van der Waals surface area (Å²) in [6.45, 7) is 7.61. The quantitative estimate of drug-likeness (QED) is 0.633. The van der Waals surface area contributed by atoms with Crippen molar-refractivity contribution in [3.05, 3.63) is 76.7 Å². The maximum Gasteiger partial charge on any atom is 0.224 e. The van der Waals surface area contributed by atoms with Crippen LogP contribution in [0.3, 0.4) is 0 Å². The minimum Gasteiger partial charge on any atom is -0.466 e. The molecule has 1 aliphatic carbocycles. The number of aliphatic imine (C=N–C) groups is 1. The van der Waals surface area contributed by atoms with Crippen molar-refractivity contribution >= 4 is 33.9 Å². The highest BCUT2D eigenvalue weighted by molar-refractivity contribution is 6.64. The van der Waals surface area contributed by atoms with E-state index in [2.05, 4.69) is 35.9 Å². The topological polar surface area (TPSA) is 21.6 Å². The van der Waals surface area contributed by atoms with Gasteiger partial charge in [-0.1, -0.05) is 66.2 Å². The zero-order valence-electron chi connectivity index (χ0n) is 13.1. The molecule has 1 heterocycles. The molecule has 0 N–H and O–H groups in total. The summed E-state index contributed by atoms with van der Waals surface area (Å²) < 4.78 is 6.07. The van der Waals surface area contributed by atoms with Crippen LogP contribution < -0.4 is 0 Å². The maximum absolute atomic E-state index is 6.23. The van der Waals surface area contributed by atoms with Crippen LogP contribution in [0.5, 0.6) is 0 Å². The van der Waals surface area contributed by atoms with Crippen molar-refractivity contribution in [2.75, 3.05) is 0 Å². The van der Waals surface area contributed by atoms with Gasteiger partial charge in [0.1, 0.15) is 10.8 Å². The molecule has 1 aromatic rings. The lowest BCUT2D eigenvalue weighted by molar-refractivity contribution is 0.0723. The highest BCUT2D eigenvalue weighted by Gasteiger charge is 2.43. The third-order valence-electron chi connectivity index (χ3n) is 4.02. The van der Waals surface area contributed by atoms with Gasteiger partial charge in [-0.15, -0.1) is 0 Å². The Labute approximate surface area is 146 Å². The molecule has 0 spiro atoms. The minimum atomic E-state index is -0.489. The van der Waals surface area contributed by atoms with Gasteiger partial charge >= 0.3 is 0 Å². The second-order valence-corrected chi connectivity index (χ2v) is 6.82. The van der Waals surface area contributed by atoms with E-state index in [-0.39, 0.29) is 0 Å². The molecule has 0 radical (unpaired) electrons. The molecule has 0 saturated heterocycles. The molecule has 1 aromatic carbocycles. The van der Waals surface area contributed by atoms with Crippen molar-refractivity contribution in [1.82, 2.24) is 0 Å². The van der Waals surface area contributed by atoms with Gasteiger partial charge in [-0.25, -0.2) is 4.99 Å². The number of rotatable bonds is 3. The molecule has 118 valence electrons. The summed E-state index contributed by atoms with van der Waals surface area (Å²) in [4.78, 5) is 4.28. The van der Waals surface area contributed by atoms with Crippen molar-refractivity contribution in [2.45, 2.75) is 25.9 Å². The van der Waals surface area contributed by atoms with Crippen LogP contribution in [0, 0.1) is 0 Å². The van der Waals surface area contributed by atoms with Crippen molar-refractivity contribution in [3.63, 3.8) is 0 Å². The lowest BCUT2D eigenvalue weighted by Gasteiger charge is -2.29. The molecule has 0 amide bonds. The first-order chi connectivity index (χ1) is 10.9. The Morgan fingerprint density at radius 3 is 2.57 bits per heavy atom. The molecular weight excluding hydrogens is 329 g/mol. The number of nitrogens with zero attached hydrogens (tertiary/aromatic N) is 1. The summed E-state index contributed by atoms with van der Waals surface area (Å²) in [5, 5.41) is 0.806. The molecule has 4 heteroatoms. The Bertz CT molecular complexity index is 783. The Kier molecular flexibility index (Phi) is 4.22. The van der Waals surface area contributed by atoms with Crippen molar-refractivity contribution < 1.29 is 4.74 Å². The highest BCUT2D eigenvalue weighted by atomic mass is 35.5. The molecule has 3 rings (SSSR count). The van der Waals surface area contributed by atoms with Crippen LogP contribution in [0.2, 0.25) is 0 Å². The predicted molar refractivity (Wildman–Crippen MR) is 97.6 cm³/mol. The Morgan fingerprint density at radius 2 is 1.96 bits per heavy atom. The molecule has 0 saturated carbocycles. The smallest absolute Gasteiger partial charge is 0.224 e. The van der Waals surface area contributed by atoms with E-state index in [0.29, 0.717) is 16.1 Å². The van der Waals surface area contributed by atoms with Crippen LogP contribution in [-0.4, -0.2) is 10.8 Å².